The molecule has 0 aliphatic rings. The molecule has 0 radical (unpaired) electrons. The molecule has 1 amide bonds. The van der Waals surface area contributed by atoms with Crippen molar-refractivity contribution in [3.05, 3.63) is 75.9 Å². The summed E-state index contributed by atoms with van der Waals surface area (Å²) in [6.45, 7) is 6.83. The second kappa shape index (κ2) is 13.4. The minimum absolute atomic E-state index is 0.227. The summed E-state index contributed by atoms with van der Waals surface area (Å²) < 4.78 is 49.8. The van der Waals surface area contributed by atoms with Crippen molar-refractivity contribution in [1.82, 2.24) is 14.9 Å². The van der Waals surface area contributed by atoms with Crippen molar-refractivity contribution in [2.24, 2.45) is 11.7 Å². The van der Waals surface area contributed by atoms with Crippen molar-refractivity contribution in [1.29, 1.82) is 0 Å². The third-order valence-electron chi connectivity index (χ3n) is 6.76. The fourth-order valence-corrected chi connectivity index (χ4v) is 5.84. The maximum Gasteiger partial charge on any atom is 0.491 e. The Morgan fingerprint density at radius 3 is 2.43 bits per heavy atom. The number of thiophene rings is 1. The van der Waals surface area contributed by atoms with Crippen LogP contribution in [0.15, 0.2) is 54.9 Å². The minimum atomic E-state index is -5.28. The van der Waals surface area contributed by atoms with E-state index in [1.807, 2.05) is 43.3 Å². The van der Waals surface area contributed by atoms with Gasteiger partial charge in [0.15, 0.2) is 0 Å². The minimum Gasteiger partial charge on any atom is -0.484 e. The van der Waals surface area contributed by atoms with Crippen LogP contribution in [0.2, 0.25) is 5.02 Å². The van der Waals surface area contributed by atoms with Crippen molar-refractivity contribution in [3.63, 3.8) is 0 Å². The van der Waals surface area contributed by atoms with Crippen molar-refractivity contribution in [3.8, 4) is 10.8 Å². The molecule has 44 heavy (non-hydrogen) atoms. The predicted molar refractivity (Wildman–Crippen MR) is 160 cm³/mol. The number of halogens is 4. The zero-order valence-corrected chi connectivity index (χ0v) is 25.7. The van der Waals surface area contributed by atoms with E-state index in [4.69, 9.17) is 22.1 Å². The molecule has 4 aromatic rings. The summed E-state index contributed by atoms with van der Waals surface area (Å²) in [5.41, 5.74) is 8.64. The summed E-state index contributed by atoms with van der Waals surface area (Å²) in [7, 11) is 0. The van der Waals surface area contributed by atoms with Gasteiger partial charge in [0, 0.05) is 22.7 Å². The number of amides is 1. The average Bonchev–Trinajstić information content (AvgIpc) is 3.55. The number of imidazole rings is 1. The van der Waals surface area contributed by atoms with Gasteiger partial charge in [-0.05, 0) is 49.9 Å². The number of rotatable bonds is 11. The Balaban J connectivity index is 1.55. The number of ether oxygens (including phenoxy) is 2. The smallest absolute Gasteiger partial charge is 0.484 e. The maximum atomic E-state index is 12.6. The van der Waals surface area contributed by atoms with Gasteiger partial charge in [0.1, 0.15) is 34.1 Å². The van der Waals surface area contributed by atoms with Crippen LogP contribution in [0.5, 0.6) is 5.75 Å². The summed E-state index contributed by atoms with van der Waals surface area (Å²) in [6, 6.07) is 12.9. The molecule has 9 nitrogen and oxygen atoms in total. The van der Waals surface area contributed by atoms with Crippen LogP contribution in [0, 0.1) is 5.92 Å². The van der Waals surface area contributed by atoms with Crippen LogP contribution in [0.4, 0.5) is 13.2 Å². The van der Waals surface area contributed by atoms with Gasteiger partial charge in [0.05, 0.1) is 11.0 Å². The van der Waals surface area contributed by atoms with Crippen LogP contribution in [0.1, 0.15) is 54.6 Å². The molecule has 234 valence electrons. The van der Waals surface area contributed by atoms with E-state index in [1.54, 1.807) is 43.8 Å². The normalized spacial score (nSPS) is 13.9. The van der Waals surface area contributed by atoms with Crippen LogP contribution in [-0.4, -0.2) is 45.7 Å². The number of nitrogens with one attached hydrogen (secondary N) is 1. The third kappa shape index (κ3) is 7.58. The Morgan fingerprint density at radius 2 is 1.80 bits per heavy atom. The highest BCUT2D eigenvalue weighted by atomic mass is 35.5. The zero-order chi connectivity index (χ0) is 32.3. The van der Waals surface area contributed by atoms with Crippen LogP contribution >= 0.6 is 22.9 Å². The SMILES string of the molecule is CC(Cc1ccc2ncn(-c3cc(O[C@H](C)c4ccccc4Cl)c(C(N)=O)s3)c2c1)N[C@H](C(=O)OC(=O)C(F)(F)F)C(C)C. The van der Waals surface area contributed by atoms with E-state index in [2.05, 4.69) is 15.0 Å². The van der Waals surface area contributed by atoms with Gasteiger partial charge in [-0.3, -0.25) is 9.36 Å². The lowest BCUT2D eigenvalue weighted by molar-refractivity contribution is -0.202. The molecule has 3 atom stereocenters. The van der Waals surface area contributed by atoms with Gasteiger partial charge in [-0.1, -0.05) is 49.7 Å². The van der Waals surface area contributed by atoms with E-state index in [0.29, 0.717) is 33.2 Å². The van der Waals surface area contributed by atoms with E-state index in [1.165, 1.54) is 0 Å². The molecule has 0 fully saturated rings. The van der Waals surface area contributed by atoms with Crippen molar-refractivity contribution in [2.45, 2.75) is 58.5 Å². The summed E-state index contributed by atoms with van der Waals surface area (Å²) in [6.07, 6.45) is -3.76. The van der Waals surface area contributed by atoms with Crippen LogP contribution in [0.3, 0.4) is 0 Å². The summed E-state index contributed by atoms with van der Waals surface area (Å²) in [5.74, 6) is -4.65. The molecule has 2 aromatic heterocycles. The number of nitrogens with two attached hydrogens (primary N) is 1. The number of hydrogen-bond acceptors (Lipinski definition) is 8. The van der Waals surface area contributed by atoms with Crippen LogP contribution in [0.25, 0.3) is 16.0 Å². The molecule has 0 bridgehead atoms. The molecule has 4 rings (SSSR count). The largest absolute Gasteiger partial charge is 0.491 e. The van der Waals surface area contributed by atoms with Crippen molar-refractivity contribution < 1.29 is 37.0 Å². The first-order chi connectivity index (χ1) is 20.6. The molecule has 0 spiro atoms. The number of fused-ring (bicyclic) bond motifs is 1. The molecule has 14 heteroatoms. The second-order valence-electron chi connectivity index (χ2n) is 10.6. The van der Waals surface area contributed by atoms with Gasteiger partial charge >= 0.3 is 18.1 Å². The first-order valence-electron chi connectivity index (χ1n) is 13.6. The van der Waals surface area contributed by atoms with Gasteiger partial charge in [0.2, 0.25) is 0 Å². The quantitative estimate of drug-likeness (QED) is 0.147. The lowest BCUT2D eigenvalue weighted by Gasteiger charge is -2.24. The Hall–Kier alpha value is -3.94. The fraction of sp³-hybridized carbons (Fsp3) is 0.333. The van der Waals surface area contributed by atoms with Crippen molar-refractivity contribution >= 4 is 51.8 Å². The lowest BCUT2D eigenvalue weighted by atomic mass is 10.0. The molecule has 1 unspecified atom stereocenters. The summed E-state index contributed by atoms with van der Waals surface area (Å²) >= 11 is 7.46. The highest BCUT2D eigenvalue weighted by molar-refractivity contribution is 7.16. The molecule has 2 aromatic carbocycles. The number of carbonyl (C=O) groups is 3. The number of hydrogen-bond donors (Lipinski definition) is 2. The predicted octanol–water partition coefficient (Wildman–Crippen LogP) is 6.16. The number of aromatic nitrogens is 2. The number of primary amides is 1. The first kappa shape index (κ1) is 33.0. The topological polar surface area (TPSA) is 126 Å². The van der Waals surface area contributed by atoms with Crippen LogP contribution in [-0.2, 0) is 20.7 Å². The fourth-order valence-electron chi connectivity index (χ4n) is 4.62. The highest BCUT2D eigenvalue weighted by Crippen LogP contribution is 2.37. The standard InChI is InChI=1S/C30H30ClF3N4O5S/c1-15(2)25(28(40)43-29(41)30(32,33)34)37-16(3)11-18-9-10-21-22(12-18)38(14-36-21)24-13-23(26(44-24)27(35)39)42-17(4)19-7-5-6-8-20(19)31/h5-10,12-17,25,37H,11H2,1-4H3,(H2,35,39)/t16?,17-,25+/m1/s1. The van der Waals surface area contributed by atoms with E-state index in [-0.39, 0.29) is 10.9 Å². The van der Waals surface area contributed by atoms with Crippen molar-refractivity contribution in [2.75, 3.05) is 0 Å². The van der Waals surface area contributed by atoms with Gasteiger partial charge in [-0.2, -0.15) is 13.2 Å². The molecule has 2 heterocycles. The average molecular weight is 651 g/mol. The molecular formula is C30H30ClF3N4O5S. The Labute approximate surface area is 260 Å². The molecular weight excluding hydrogens is 621 g/mol. The Kier molecular flexibility index (Phi) is 10.0. The van der Waals surface area contributed by atoms with Gasteiger partial charge in [0.25, 0.3) is 5.91 Å². The Morgan fingerprint density at radius 1 is 1.09 bits per heavy atom. The van der Waals surface area contributed by atoms with E-state index in [0.717, 1.165) is 22.5 Å². The van der Waals surface area contributed by atoms with Gasteiger partial charge < -0.3 is 20.5 Å². The zero-order valence-electron chi connectivity index (χ0n) is 24.1. The monoisotopic (exact) mass is 650 g/mol. The molecule has 0 aliphatic heterocycles. The molecule has 0 saturated heterocycles. The van der Waals surface area contributed by atoms with Gasteiger partial charge in [-0.25, -0.2) is 14.6 Å². The third-order valence-corrected chi connectivity index (χ3v) is 8.23. The van der Waals surface area contributed by atoms with E-state index in [9.17, 15) is 27.6 Å². The molecule has 0 aliphatic carbocycles. The summed E-state index contributed by atoms with van der Waals surface area (Å²) in [5, 5.41) is 4.13. The first-order valence-corrected chi connectivity index (χ1v) is 14.7. The number of esters is 2. The summed E-state index contributed by atoms with van der Waals surface area (Å²) in [4.78, 5) is 40.5. The van der Waals surface area contributed by atoms with Crippen LogP contribution < -0.4 is 15.8 Å². The number of benzene rings is 2. The lowest BCUT2D eigenvalue weighted by Crippen LogP contribution is -2.48. The second-order valence-corrected chi connectivity index (χ2v) is 12.0. The molecule has 0 saturated carbocycles. The van der Waals surface area contributed by atoms with E-state index < -0.39 is 42.1 Å². The van der Waals surface area contributed by atoms with Gasteiger partial charge in [-0.15, -0.1) is 11.3 Å². The molecule has 3 N–H and O–H groups in total. The number of nitrogens with zero attached hydrogens (tertiary/aromatic N) is 2. The number of carbonyl (C=O) groups excluding carboxylic acids is 3. The highest BCUT2D eigenvalue weighted by Gasteiger charge is 2.43. The Bertz CT molecular complexity index is 1690. The van der Waals surface area contributed by atoms with E-state index >= 15 is 0 Å². The number of alkyl halides is 3. The maximum absolute atomic E-state index is 12.6.